The minimum Gasteiger partial charge on any atom is -0.379 e. The maximum atomic E-state index is 12.6. The highest BCUT2D eigenvalue weighted by atomic mass is 16.5. The molecule has 0 bridgehead atoms. The second-order valence-corrected chi connectivity index (χ2v) is 7.08. The normalized spacial score (nSPS) is 16.4. The predicted octanol–water partition coefficient (Wildman–Crippen LogP) is 3.51. The van der Waals surface area contributed by atoms with E-state index in [4.69, 9.17) is 4.74 Å². The van der Waals surface area contributed by atoms with E-state index in [1.165, 1.54) is 11.1 Å². The summed E-state index contributed by atoms with van der Waals surface area (Å²) < 4.78 is 5.44. The number of rotatable bonds is 6. The molecule has 142 valence electrons. The number of nitrogens with one attached hydrogen (secondary N) is 1. The molecule has 0 aromatic heterocycles. The van der Waals surface area contributed by atoms with E-state index >= 15 is 0 Å². The highest BCUT2D eigenvalue weighted by Crippen LogP contribution is 2.16. The van der Waals surface area contributed by atoms with Gasteiger partial charge in [0, 0.05) is 25.7 Å². The van der Waals surface area contributed by atoms with Crippen LogP contribution in [0.4, 0.5) is 0 Å². The van der Waals surface area contributed by atoms with Crippen molar-refractivity contribution in [2.45, 2.75) is 19.9 Å². The van der Waals surface area contributed by atoms with E-state index in [9.17, 15) is 4.79 Å². The van der Waals surface area contributed by atoms with Gasteiger partial charge in [0.05, 0.1) is 19.3 Å². The highest BCUT2D eigenvalue weighted by molar-refractivity contribution is 5.92. The van der Waals surface area contributed by atoms with Crippen LogP contribution in [0.1, 0.15) is 28.3 Å². The average molecular weight is 364 g/mol. The number of nitrogens with zero attached hydrogens (tertiary/aromatic N) is 1. The molecule has 2 aromatic rings. The van der Waals surface area contributed by atoms with Crippen LogP contribution in [0, 0.1) is 13.8 Å². The summed E-state index contributed by atoms with van der Waals surface area (Å²) in [6.07, 6.45) is 3.52. The third kappa shape index (κ3) is 5.78. The Balaban J connectivity index is 1.68. The number of carbonyl (C=O) groups is 1. The Morgan fingerprint density at radius 2 is 1.89 bits per heavy atom. The van der Waals surface area contributed by atoms with Crippen molar-refractivity contribution in [3.05, 3.63) is 76.9 Å². The predicted molar refractivity (Wildman–Crippen MR) is 110 cm³/mol. The van der Waals surface area contributed by atoms with Crippen molar-refractivity contribution in [1.29, 1.82) is 0 Å². The zero-order valence-electron chi connectivity index (χ0n) is 16.2. The Labute approximate surface area is 161 Å². The smallest absolute Gasteiger partial charge is 0.244 e. The summed E-state index contributed by atoms with van der Waals surface area (Å²) in [5.41, 5.74) is 4.59. The number of carbonyl (C=O) groups excluding carboxylic acids is 1. The summed E-state index contributed by atoms with van der Waals surface area (Å²) in [5, 5.41) is 3.17. The maximum absolute atomic E-state index is 12.6. The van der Waals surface area contributed by atoms with Crippen molar-refractivity contribution in [2.75, 3.05) is 32.8 Å². The molecule has 1 aliphatic rings. The molecule has 1 aliphatic heterocycles. The fourth-order valence-electron chi connectivity index (χ4n) is 3.36. The monoisotopic (exact) mass is 364 g/mol. The van der Waals surface area contributed by atoms with Gasteiger partial charge < -0.3 is 10.1 Å². The fraction of sp³-hybridized carbons (Fsp3) is 0.348. The van der Waals surface area contributed by atoms with E-state index in [0.29, 0.717) is 0 Å². The van der Waals surface area contributed by atoms with Gasteiger partial charge in [0.25, 0.3) is 0 Å². The van der Waals surface area contributed by atoms with Gasteiger partial charge in [-0.1, -0.05) is 54.1 Å². The van der Waals surface area contributed by atoms with Gasteiger partial charge in [-0.15, -0.1) is 0 Å². The molecule has 4 heteroatoms. The van der Waals surface area contributed by atoms with E-state index in [0.717, 1.165) is 44.0 Å². The number of morpholine rings is 1. The summed E-state index contributed by atoms with van der Waals surface area (Å²) in [6, 6.07) is 16.4. The Kier molecular flexibility index (Phi) is 6.80. The lowest BCUT2D eigenvalue weighted by molar-refractivity contribution is -0.117. The Bertz CT molecular complexity index is 780. The third-order valence-electron chi connectivity index (χ3n) is 4.90. The molecule has 1 atom stereocenters. The molecule has 0 saturated carbocycles. The first-order valence-electron chi connectivity index (χ1n) is 9.53. The average Bonchev–Trinajstić information content (AvgIpc) is 2.68. The van der Waals surface area contributed by atoms with Crippen LogP contribution in [-0.2, 0) is 9.53 Å². The van der Waals surface area contributed by atoms with Crippen molar-refractivity contribution in [3.8, 4) is 0 Å². The van der Waals surface area contributed by atoms with Gasteiger partial charge in [0.15, 0.2) is 0 Å². The van der Waals surface area contributed by atoms with Gasteiger partial charge >= 0.3 is 0 Å². The highest BCUT2D eigenvalue weighted by Gasteiger charge is 2.19. The molecule has 1 fully saturated rings. The largest absolute Gasteiger partial charge is 0.379 e. The van der Waals surface area contributed by atoms with E-state index in [1.54, 1.807) is 6.08 Å². The first-order chi connectivity index (χ1) is 13.1. The van der Waals surface area contributed by atoms with Crippen molar-refractivity contribution in [2.24, 2.45) is 0 Å². The third-order valence-corrected chi connectivity index (χ3v) is 4.90. The molecule has 1 saturated heterocycles. The minimum atomic E-state index is -0.0721. The zero-order chi connectivity index (χ0) is 19.1. The topological polar surface area (TPSA) is 41.6 Å². The number of hydrogen-bond donors (Lipinski definition) is 1. The standard InChI is InChI=1S/C23H28N2O2/c1-18-8-9-20(19(2)16-18)10-11-23(26)24-22(21-6-4-3-5-7-21)17-25-12-14-27-15-13-25/h3-11,16,22H,12-15,17H2,1-2H3,(H,24,26)/b11-10+. The number of benzene rings is 2. The second-order valence-electron chi connectivity index (χ2n) is 7.08. The molecule has 1 N–H and O–H groups in total. The van der Waals surface area contributed by atoms with Crippen LogP contribution in [-0.4, -0.2) is 43.7 Å². The molecule has 1 heterocycles. The second kappa shape index (κ2) is 9.49. The summed E-state index contributed by atoms with van der Waals surface area (Å²) in [4.78, 5) is 14.9. The summed E-state index contributed by atoms with van der Waals surface area (Å²) in [5.74, 6) is -0.0721. The number of aryl methyl sites for hydroxylation is 2. The molecule has 0 spiro atoms. The van der Waals surface area contributed by atoms with Crippen molar-refractivity contribution >= 4 is 12.0 Å². The Morgan fingerprint density at radius 3 is 2.59 bits per heavy atom. The van der Waals surface area contributed by atoms with Gasteiger partial charge in [-0.3, -0.25) is 9.69 Å². The van der Waals surface area contributed by atoms with E-state index in [-0.39, 0.29) is 11.9 Å². The van der Waals surface area contributed by atoms with Crippen LogP contribution >= 0.6 is 0 Å². The fourth-order valence-corrected chi connectivity index (χ4v) is 3.36. The molecule has 0 aliphatic carbocycles. The number of amides is 1. The molecular formula is C23H28N2O2. The lowest BCUT2D eigenvalue weighted by Gasteiger charge is -2.31. The summed E-state index contributed by atoms with van der Waals surface area (Å²) in [7, 11) is 0. The molecule has 2 aromatic carbocycles. The van der Waals surface area contributed by atoms with E-state index in [1.807, 2.05) is 24.3 Å². The molecule has 3 rings (SSSR count). The molecular weight excluding hydrogens is 336 g/mol. The molecule has 27 heavy (non-hydrogen) atoms. The van der Waals surface area contributed by atoms with Crippen LogP contribution in [0.25, 0.3) is 6.08 Å². The minimum absolute atomic E-state index is 0.0411. The van der Waals surface area contributed by atoms with Crippen molar-refractivity contribution in [3.63, 3.8) is 0 Å². The quantitative estimate of drug-likeness (QED) is 0.798. The maximum Gasteiger partial charge on any atom is 0.244 e. The van der Waals surface area contributed by atoms with Gasteiger partial charge in [0.2, 0.25) is 5.91 Å². The SMILES string of the molecule is Cc1ccc(/C=C/C(=O)NC(CN2CCOCC2)c2ccccc2)c(C)c1. The van der Waals surface area contributed by atoms with Gasteiger partial charge in [-0.2, -0.15) is 0 Å². The Morgan fingerprint density at radius 1 is 1.15 bits per heavy atom. The molecule has 0 radical (unpaired) electrons. The van der Waals surface area contributed by atoms with E-state index < -0.39 is 0 Å². The van der Waals surface area contributed by atoms with Crippen LogP contribution in [0.3, 0.4) is 0 Å². The van der Waals surface area contributed by atoms with Gasteiger partial charge in [0.1, 0.15) is 0 Å². The number of ether oxygens (including phenoxy) is 1. The first kappa shape index (κ1) is 19.3. The first-order valence-corrected chi connectivity index (χ1v) is 9.53. The van der Waals surface area contributed by atoms with Crippen molar-refractivity contribution < 1.29 is 9.53 Å². The molecule has 1 unspecified atom stereocenters. The molecule has 4 nitrogen and oxygen atoms in total. The zero-order valence-corrected chi connectivity index (χ0v) is 16.2. The lowest BCUT2D eigenvalue weighted by Crippen LogP contribution is -2.42. The lowest BCUT2D eigenvalue weighted by atomic mass is 10.0. The van der Waals surface area contributed by atoms with Gasteiger partial charge in [-0.05, 0) is 36.6 Å². The Hall–Kier alpha value is -2.43. The van der Waals surface area contributed by atoms with Gasteiger partial charge in [-0.25, -0.2) is 0 Å². The summed E-state index contributed by atoms with van der Waals surface area (Å²) in [6.45, 7) is 8.23. The van der Waals surface area contributed by atoms with Crippen LogP contribution < -0.4 is 5.32 Å². The van der Waals surface area contributed by atoms with Crippen LogP contribution in [0.2, 0.25) is 0 Å². The van der Waals surface area contributed by atoms with Crippen molar-refractivity contribution in [1.82, 2.24) is 10.2 Å². The van der Waals surface area contributed by atoms with E-state index in [2.05, 4.69) is 54.4 Å². The van der Waals surface area contributed by atoms with Crippen LogP contribution in [0.5, 0.6) is 0 Å². The summed E-state index contributed by atoms with van der Waals surface area (Å²) >= 11 is 0. The van der Waals surface area contributed by atoms with Crippen LogP contribution in [0.15, 0.2) is 54.6 Å². The molecule has 1 amide bonds. The number of hydrogen-bond acceptors (Lipinski definition) is 3.